The van der Waals surface area contributed by atoms with Gasteiger partial charge in [-0.25, -0.2) is 0 Å². The first-order valence-corrected chi connectivity index (χ1v) is 0. The van der Waals surface area contributed by atoms with Gasteiger partial charge in [0.05, 0.1) is 0 Å². The quantitative estimate of drug-likeness (QED) is 0.469. The molecule has 0 aromatic rings. The van der Waals surface area contributed by atoms with Gasteiger partial charge in [-0.1, -0.05) is 0 Å². The van der Waals surface area contributed by atoms with E-state index >= 15 is 0 Å². The summed E-state index contributed by atoms with van der Waals surface area (Å²) in [5, 5.41) is 0. The second kappa shape index (κ2) is 70.2. The molecule has 0 bridgehead atoms. The fourth-order valence-electron chi connectivity index (χ4n) is 0. The first kappa shape index (κ1) is 99.8. The zero-order chi connectivity index (χ0) is 0. The molecule has 0 fully saturated rings. The summed E-state index contributed by atoms with van der Waals surface area (Å²) in [6, 6.07) is 0. The predicted molar refractivity (Wildman–Crippen MR) is 36.2 cm³/mol. The van der Waals surface area contributed by atoms with E-state index in [0.717, 1.165) is 0 Å². The summed E-state index contributed by atoms with van der Waals surface area (Å²) in [5.74, 6) is 0. The third kappa shape index (κ3) is 53.2. The van der Waals surface area contributed by atoms with Crippen molar-refractivity contribution in [3.63, 3.8) is 0 Å². The van der Waals surface area contributed by atoms with Crippen LogP contribution in [0.1, 0.15) is 0 Å². The van der Waals surface area contributed by atoms with Gasteiger partial charge in [0, 0.05) is 39.6 Å². The average molecular weight is 477 g/mol. The Balaban J connectivity index is 0. The van der Waals surface area contributed by atoms with E-state index in [4.69, 9.17) is 0 Å². The van der Waals surface area contributed by atoms with Crippen LogP contribution in [0.15, 0.2) is 0 Å². The molecule has 0 atom stereocenters. The van der Waals surface area contributed by atoms with Gasteiger partial charge in [-0.05, 0) is 0 Å². The molecule has 0 saturated heterocycles. The summed E-state index contributed by atoms with van der Waals surface area (Å²) in [7, 11) is 0. The van der Waals surface area contributed by atoms with Crippen LogP contribution in [0.25, 0.3) is 0 Å². The van der Waals surface area contributed by atoms with E-state index in [2.05, 4.69) is 0 Å². The maximum Gasteiger partial charge on any atom is 0 e. The minimum atomic E-state index is 0. The minimum absolute atomic E-state index is 0. The van der Waals surface area contributed by atoms with E-state index in [1.807, 2.05) is 0 Å². The fraction of sp³-hybridized carbons (Fsp3) is 0. The molecule has 0 unspecified atom stereocenters. The molecule has 0 spiro atoms. The van der Waals surface area contributed by atoms with Crippen molar-refractivity contribution in [3.05, 3.63) is 0 Å². The van der Waals surface area contributed by atoms with Crippen LogP contribution in [-0.2, 0) is 39.6 Å². The molecule has 0 saturated carbocycles. The maximum atomic E-state index is 0. The van der Waals surface area contributed by atoms with Gasteiger partial charge in [0.25, 0.3) is 0 Å². The van der Waals surface area contributed by atoms with Crippen molar-refractivity contribution in [2.24, 2.45) is 0 Å². The summed E-state index contributed by atoms with van der Waals surface area (Å²) in [6.07, 6.45) is 0. The Morgan fingerprint density at radius 2 is 0.429 bits per heavy atom. The summed E-state index contributed by atoms with van der Waals surface area (Å²) < 4.78 is 0. The largest absolute Gasteiger partial charge is 0.147 e. The van der Waals surface area contributed by atoms with Crippen LogP contribution >= 0.6 is 62.0 Å². The van der Waals surface area contributed by atoms with E-state index in [-0.39, 0.29) is 102 Å². The van der Waals surface area contributed by atoms with Crippen molar-refractivity contribution < 1.29 is 39.6 Å². The van der Waals surface area contributed by atoms with E-state index in [9.17, 15) is 0 Å². The third-order valence-electron chi connectivity index (χ3n) is 0. The Labute approximate surface area is 100 Å². The second-order valence-corrected chi connectivity index (χ2v) is 0. The standard InChI is InChI=1S/5ClH.Ir.Rh/h5*1H;;. The zero-order valence-electron chi connectivity index (χ0n) is 2.71. The van der Waals surface area contributed by atoms with Crippen molar-refractivity contribution in [2.75, 3.05) is 0 Å². The third-order valence-corrected chi connectivity index (χ3v) is 0. The van der Waals surface area contributed by atoms with Gasteiger partial charge in [-0.2, -0.15) is 0 Å². The molecule has 0 aromatic carbocycles. The van der Waals surface area contributed by atoms with Crippen LogP contribution < -0.4 is 0 Å². The molecule has 0 amide bonds. The Kier molecular flexibility index (Phi) is 1000. The Morgan fingerprint density at radius 3 is 0.429 bits per heavy atom. The molecule has 58 valence electrons. The minimum Gasteiger partial charge on any atom is -0.147 e. The Bertz CT molecular complexity index is 8.04. The summed E-state index contributed by atoms with van der Waals surface area (Å²) in [6.45, 7) is 0. The molecular formula is H5Cl5IrRh. The summed E-state index contributed by atoms with van der Waals surface area (Å²) in [5.41, 5.74) is 0. The molecule has 0 heterocycles. The molecular weight excluding hydrogens is 472 g/mol. The van der Waals surface area contributed by atoms with Gasteiger partial charge in [-0.3, -0.25) is 0 Å². The Hall–Kier alpha value is 2.72. The van der Waals surface area contributed by atoms with Crippen molar-refractivity contribution in [1.82, 2.24) is 0 Å². The SMILES string of the molecule is Cl.Cl.Cl.Cl.Cl.[Ir].[Rh]. The smallest absolute Gasteiger partial charge is 0 e. The molecule has 2 radical (unpaired) electrons. The maximum absolute atomic E-state index is 0. The second-order valence-electron chi connectivity index (χ2n) is 0. The van der Waals surface area contributed by atoms with Crippen molar-refractivity contribution in [2.45, 2.75) is 0 Å². The van der Waals surface area contributed by atoms with Gasteiger partial charge in [0.2, 0.25) is 0 Å². The number of halogens is 5. The number of hydrogen-bond acceptors (Lipinski definition) is 0. The van der Waals surface area contributed by atoms with Crippen LogP contribution in [0.2, 0.25) is 0 Å². The van der Waals surface area contributed by atoms with E-state index in [0.29, 0.717) is 0 Å². The molecule has 7 heavy (non-hydrogen) atoms. The normalized spacial score (nSPS) is 0. The molecule has 0 rings (SSSR count). The van der Waals surface area contributed by atoms with Gasteiger partial charge in [0.15, 0.2) is 0 Å². The Morgan fingerprint density at radius 1 is 0.429 bits per heavy atom. The first-order valence-electron chi connectivity index (χ1n) is 0. The molecule has 0 aliphatic rings. The van der Waals surface area contributed by atoms with Crippen molar-refractivity contribution in [1.29, 1.82) is 0 Å². The van der Waals surface area contributed by atoms with Gasteiger partial charge < -0.3 is 0 Å². The van der Waals surface area contributed by atoms with Crippen LogP contribution in [-0.4, -0.2) is 0 Å². The van der Waals surface area contributed by atoms with Crippen LogP contribution in [0.5, 0.6) is 0 Å². The average Bonchev–Trinajstić information content (AvgIpc) is 0. The topological polar surface area (TPSA) is 0 Å². The van der Waals surface area contributed by atoms with Gasteiger partial charge in [0.1, 0.15) is 0 Å². The summed E-state index contributed by atoms with van der Waals surface area (Å²) >= 11 is 0. The molecule has 7 heteroatoms. The first-order chi connectivity index (χ1) is 0. The monoisotopic (exact) mass is 476 g/mol. The molecule has 0 aromatic heterocycles. The molecule has 0 aliphatic heterocycles. The van der Waals surface area contributed by atoms with Gasteiger partial charge in [-0.15, -0.1) is 62.0 Å². The van der Waals surface area contributed by atoms with Crippen molar-refractivity contribution >= 4 is 62.0 Å². The zero-order valence-corrected chi connectivity index (χ0v) is 10.8. The van der Waals surface area contributed by atoms with E-state index < -0.39 is 0 Å². The van der Waals surface area contributed by atoms with Crippen LogP contribution in [0, 0.1) is 0 Å². The predicted octanol–water partition coefficient (Wildman–Crippen LogP) is 2.10. The van der Waals surface area contributed by atoms with Gasteiger partial charge >= 0.3 is 0 Å². The molecule has 0 nitrogen and oxygen atoms in total. The van der Waals surface area contributed by atoms with Crippen molar-refractivity contribution in [3.8, 4) is 0 Å². The fourth-order valence-corrected chi connectivity index (χ4v) is 0. The molecule has 0 aliphatic carbocycles. The van der Waals surface area contributed by atoms with E-state index in [1.165, 1.54) is 0 Å². The van der Waals surface area contributed by atoms with E-state index in [1.54, 1.807) is 0 Å². The number of hydrogen-bond donors (Lipinski definition) is 0. The van der Waals surface area contributed by atoms with Crippen LogP contribution in [0.4, 0.5) is 0 Å². The van der Waals surface area contributed by atoms with Crippen LogP contribution in [0.3, 0.4) is 0 Å². The molecule has 0 N–H and O–H groups in total. The summed E-state index contributed by atoms with van der Waals surface area (Å²) in [4.78, 5) is 0. The number of rotatable bonds is 0.